The van der Waals surface area contributed by atoms with E-state index < -0.39 is 5.97 Å². The van der Waals surface area contributed by atoms with E-state index in [-0.39, 0.29) is 12.4 Å². The fourth-order valence-corrected chi connectivity index (χ4v) is 1.67. The molecule has 0 aliphatic rings. The van der Waals surface area contributed by atoms with E-state index in [0.29, 0.717) is 25.5 Å². The van der Waals surface area contributed by atoms with Crippen molar-refractivity contribution in [1.29, 1.82) is 0 Å². The predicted octanol–water partition coefficient (Wildman–Crippen LogP) is 2.18. The molecule has 114 valence electrons. The van der Waals surface area contributed by atoms with Gasteiger partial charge in [-0.2, -0.15) is 0 Å². The van der Waals surface area contributed by atoms with Crippen LogP contribution in [-0.2, 0) is 25.6 Å². The summed E-state index contributed by atoms with van der Waals surface area (Å²) in [6.07, 6.45) is 1.31. The fraction of sp³-hybridized carbons (Fsp3) is 0.375. The predicted molar refractivity (Wildman–Crippen MR) is 79.2 cm³/mol. The van der Waals surface area contributed by atoms with Gasteiger partial charge < -0.3 is 14.8 Å². The molecule has 0 aliphatic heterocycles. The Kier molecular flexibility index (Phi) is 7.64. The summed E-state index contributed by atoms with van der Waals surface area (Å²) < 4.78 is 9.75. The lowest BCUT2D eigenvalue weighted by Gasteiger charge is -2.11. The van der Waals surface area contributed by atoms with E-state index in [1.807, 2.05) is 30.3 Å². The lowest BCUT2D eigenvalue weighted by atomic mass is 10.2. The minimum absolute atomic E-state index is 0.0134. The van der Waals surface area contributed by atoms with Crippen LogP contribution in [0, 0.1) is 0 Å². The van der Waals surface area contributed by atoms with Gasteiger partial charge in [0.25, 0.3) is 0 Å². The van der Waals surface area contributed by atoms with E-state index in [0.717, 1.165) is 5.56 Å². The third-order valence-electron chi connectivity index (χ3n) is 2.58. The maximum absolute atomic E-state index is 11.5. The first kappa shape index (κ1) is 16.8. The number of hydrogen-bond donors (Lipinski definition) is 1. The van der Waals surface area contributed by atoms with Gasteiger partial charge in [0.05, 0.1) is 19.6 Å². The molecule has 0 radical (unpaired) electrons. The standard InChI is InChI=1S/C16H21NO4/c1-3-20-15(18)10-14(11-16(19)21-4-2)17-12-13-8-6-5-7-9-13/h5-10,17H,3-4,11-12H2,1-2H3. The van der Waals surface area contributed by atoms with Crippen LogP contribution >= 0.6 is 0 Å². The van der Waals surface area contributed by atoms with Crippen molar-refractivity contribution >= 4 is 11.9 Å². The Labute approximate surface area is 124 Å². The van der Waals surface area contributed by atoms with Gasteiger partial charge >= 0.3 is 11.9 Å². The summed E-state index contributed by atoms with van der Waals surface area (Å²) in [7, 11) is 0. The summed E-state index contributed by atoms with van der Waals surface area (Å²) >= 11 is 0. The first-order chi connectivity index (χ1) is 10.2. The van der Waals surface area contributed by atoms with E-state index in [2.05, 4.69) is 5.32 Å². The van der Waals surface area contributed by atoms with Crippen LogP contribution in [0.4, 0.5) is 0 Å². The molecule has 21 heavy (non-hydrogen) atoms. The normalized spacial score (nSPS) is 10.9. The van der Waals surface area contributed by atoms with Gasteiger partial charge in [0.15, 0.2) is 0 Å². The average molecular weight is 291 g/mol. The zero-order valence-corrected chi connectivity index (χ0v) is 12.4. The zero-order valence-electron chi connectivity index (χ0n) is 12.4. The number of rotatable bonds is 8. The molecular formula is C16H21NO4. The Morgan fingerprint density at radius 3 is 2.38 bits per heavy atom. The molecule has 5 heteroatoms. The summed E-state index contributed by atoms with van der Waals surface area (Å²) in [4.78, 5) is 23.1. The molecule has 0 aliphatic carbocycles. The van der Waals surface area contributed by atoms with Crippen molar-refractivity contribution in [3.63, 3.8) is 0 Å². The van der Waals surface area contributed by atoms with E-state index in [1.165, 1.54) is 6.08 Å². The molecule has 0 atom stereocenters. The van der Waals surface area contributed by atoms with Crippen molar-refractivity contribution in [2.24, 2.45) is 0 Å². The van der Waals surface area contributed by atoms with Gasteiger partial charge in [0.1, 0.15) is 0 Å². The van der Waals surface area contributed by atoms with E-state index in [9.17, 15) is 9.59 Å². The van der Waals surface area contributed by atoms with Crippen LogP contribution in [0.1, 0.15) is 25.8 Å². The maximum Gasteiger partial charge on any atom is 0.332 e. The van der Waals surface area contributed by atoms with Gasteiger partial charge in [-0.15, -0.1) is 0 Å². The van der Waals surface area contributed by atoms with Crippen LogP contribution in [0.25, 0.3) is 0 Å². The highest BCUT2D eigenvalue weighted by molar-refractivity contribution is 5.84. The number of carbonyl (C=O) groups excluding carboxylic acids is 2. The summed E-state index contributed by atoms with van der Waals surface area (Å²) in [5, 5.41) is 3.07. The molecule has 0 spiro atoms. The second-order valence-electron chi connectivity index (χ2n) is 4.24. The second-order valence-corrected chi connectivity index (χ2v) is 4.24. The van der Waals surface area contributed by atoms with Gasteiger partial charge in [0.2, 0.25) is 0 Å². The Hall–Kier alpha value is -2.30. The average Bonchev–Trinajstić information content (AvgIpc) is 2.46. The summed E-state index contributed by atoms with van der Waals surface area (Å²) in [5.41, 5.74) is 1.53. The lowest BCUT2D eigenvalue weighted by molar-refractivity contribution is -0.142. The van der Waals surface area contributed by atoms with Crippen molar-refractivity contribution in [3.05, 3.63) is 47.7 Å². The molecule has 1 N–H and O–H groups in total. The maximum atomic E-state index is 11.5. The Balaban J connectivity index is 2.67. The highest BCUT2D eigenvalue weighted by Gasteiger charge is 2.09. The van der Waals surface area contributed by atoms with Crippen molar-refractivity contribution in [3.8, 4) is 0 Å². The van der Waals surface area contributed by atoms with Crippen molar-refractivity contribution in [1.82, 2.24) is 5.32 Å². The Morgan fingerprint density at radius 1 is 1.10 bits per heavy atom. The smallest absolute Gasteiger partial charge is 0.332 e. The first-order valence-electron chi connectivity index (χ1n) is 6.96. The molecule has 0 bridgehead atoms. The molecule has 0 heterocycles. The Morgan fingerprint density at radius 2 is 1.76 bits per heavy atom. The van der Waals surface area contributed by atoms with Crippen LogP contribution in [0.5, 0.6) is 0 Å². The highest BCUT2D eigenvalue weighted by Crippen LogP contribution is 2.04. The largest absolute Gasteiger partial charge is 0.466 e. The summed E-state index contributed by atoms with van der Waals surface area (Å²) in [5.74, 6) is -0.856. The quantitative estimate of drug-likeness (QED) is 0.587. The molecule has 1 rings (SSSR count). The third kappa shape index (κ3) is 7.15. The lowest BCUT2D eigenvalue weighted by Crippen LogP contribution is -2.19. The van der Waals surface area contributed by atoms with Crippen LogP contribution in [0.2, 0.25) is 0 Å². The minimum atomic E-state index is -0.475. The topological polar surface area (TPSA) is 64.6 Å². The number of esters is 2. The molecule has 0 saturated carbocycles. The molecular weight excluding hydrogens is 270 g/mol. The molecule has 0 unspecified atom stereocenters. The number of benzene rings is 1. The third-order valence-corrected chi connectivity index (χ3v) is 2.58. The monoisotopic (exact) mass is 291 g/mol. The highest BCUT2D eigenvalue weighted by atomic mass is 16.5. The number of ether oxygens (including phenoxy) is 2. The molecule has 1 aromatic rings. The van der Waals surface area contributed by atoms with Crippen LogP contribution < -0.4 is 5.32 Å². The molecule has 5 nitrogen and oxygen atoms in total. The molecule has 0 amide bonds. The van der Waals surface area contributed by atoms with Crippen LogP contribution in [-0.4, -0.2) is 25.2 Å². The van der Waals surface area contributed by atoms with Crippen molar-refractivity contribution in [2.75, 3.05) is 13.2 Å². The first-order valence-corrected chi connectivity index (χ1v) is 6.96. The SMILES string of the molecule is CCOC(=O)C=C(CC(=O)OCC)NCc1ccccc1. The van der Waals surface area contributed by atoms with Crippen LogP contribution in [0.15, 0.2) is 42.1 Å². The number of carbonyl (C=O) groups is 2. The molecule has 1 aromatic carbocycles. The summed E-state index contributed by atoms with van der Waals surface area (Å²) in [6.45, 7) is 4.59. The number of nitrogens with one attached hydrogen (secondary N) is 1. The van der Waals surface area contributed by atoms with E-state index >= 15 is 0 Å². The van der Waals surface area contributed by atoms with Gasteiger partial charge in [-0.25, -0.2) is 4.79 Å². The number of hydrogen-bond acceptors (Lipinski definition) is 5. The van der Waals surface area contributed by atoms with Gasteiger partial charge in [-0.3, -0.25) is 4.79 Å². The van der Waals surface area contributed by atoms with Gasteiger partial charge in [-0.1, -0.05) is 30.3 Å². The van der Waals surface area contributed by atoms with Crippen molar-refractivity contribution in [2.45, 2.75) is 26.8 Å². The Bertz CT molecular complexity index is 482. The van der Waals surface area contributed by atoms with Gasteiger partial charge in [0, 0.05) is 18.3 Å². The summed E-state index contributed by atoms with van der Waals surface area (Å²) in [6, 6.07) is 9.70. The molecule has 0 aromatic heterocycles. The molecule has 0 saturated heterocycles. The van der Waals surface area contributed by atoms with E-state index in [1.54, 1.807) is 13.8 Å². The zero-order chi connectivity index (χ0) is 15.5. The second kappa shape index (κ2) is 9.58. The minimum Gasteiger partial charge on any atom is -0.466 e. The van der Waals surface area contributed by atoms with Gasteiger partial charge in [-0.05, 0) is 19.4 Å². The van der Waals surface area contributed by atoms with Crippen LogP contribution in [0.3, 0.4) is 0 Å². The van der Waals surface area contributed by atoms with Crippen molar-refractivity contribution < 1.29 is 19.1 Å². The molecule has 0 fully saturated rings. The van der Waals surface area contributed by atoms with E-state index in [4.69, 9.17) is 9.47 Å². The fourth-order valence-electron chi connectivity index (χ4n) is 1.67.